The Bertz CT molecular complexity index is 788. The van der Waals surface area contributed by atoms with Crippen molar-refractivity contribution in [2.45, 2.75) is 245 Å². The Morgan fingerprint density at radius 1 is 0.315 bits per heavy atom. The summed E-state index contributed by atoms with van der Waals surface area (Å²) in [4.78, 5) is 56.7. The molecule has 0 radical (unpaired) electrons. The SMILES string of the molecule is CCCCCCCCCCCCCCCCCCOC(=O)NOC(=O)CCCCC(=O)ONC(=O)OCCCCCCCCCCCCCCCCCC. The number of ether oxygens (including phenoxy) is 2. The Labute approximate surface area is 331 Å². The standard InChI is InChI=1S/C44H84N2O8/c1-3-5-7-9-11-13-15-17-19-21-23-25-27-29-31-35-39-51-43(49)45-53-41(47)37-33-34-38-42(48)54-46-44(50)52-40-36-32-30-28-26-24-22-20-18-16-14-12-10-8-6-4-2/h3-40H2,1-2H3,(H,45,49)(H,46,50). The van der Waals surface area contributed by atoms with E-state index in [-0.39, 0.29) is 26.1 Å². The largest absolute Gasteiger partial charge is 0.447 e. The van der Waals surface area contributed by atoms with Crippen molar-refractivity contribution in [3.05, 3.63) is 0 Å². The van der Waals surface area contributed by atoms with E-state index in [1.807, 2.05) is 11.0 Å². The van der Waals surface area contributed by atoms with Crippen LogP contribution < -0.4 is 11.0 Å². The number of hydrogen-bond donors (Lipinski definition) is 2. The van der Waals surface area contributed by atoms with E-state index in [4.69, 9.17) is 19.1 Å². The van der Waals surface area contributed by atoms with E-state index < -0.39 is 24.1 Å². The van der Waals surface area contributed by atoms with Crippen LogP contribution in [0.5, 0.6) is 0 Å². The van der Waals surface area contributed by atoms with Crippen molar-refractivity contribution in [1.82, 2.24) is 11.0 Å². The van der Waals surface area contributed by atoms with Gasteiger partial charge >= 0.3 is 24.1 Å². The summed E-state index contributed by atoms with van der Waals surface area (Å²) < 4.78 is 10.1. The first-order valence-electron chi connectivity index (χ1n) is 22.7. The van der Waals surface area contributed by atoms with Gasteiger partial charge in [0.05, 0.1) is 13.2 Å². The molecule has 0 heterocycles. The van der Waals surface area contributed by atoms with Gasteiger partial charge in [-0.2, -0.15) is 0 Å². The summed E-state index contributed by atoms with van der Waals surface area (Å²) in [6, 6.07) is 0. The molecule has 54 heavy (non-hydrogen) atoms. The minimum atomic E-state index is -0.791. The van der Waals surface area contributed by atoms with Crippen LogP contribution in [0.1, 0.15) is 245 Å². The highest BCUT2D eigenvalue weighted by Gasteiger charge is 2.11. The van der Waals surface area contributed by atoms with Crippen LogP contribution >= 0.6 is 0 Å². The maximum atomic E-state index is 11.9. The van der Waals surface area contributed by atoms with Crippen molar-refractivity contribution in [1.29, 1.82) is 0 Å². The van der Waals surface area contributed by atoms with Gasteiger partial charge in [-0.1, -0.05) is 206 Å². The number of nitrogens with one attached hydrogen (secondary N) is 2. The van der Waals surface area contributed by atoms with Gasteiger partial charge in [-0.25, -0.2) is 19.2 Å². The molecule has 10 heteroatoms. The summed E-state index contributed by atoms with van der Waals surface area (Å²) in [5.74, 6) is -1.25. The highest BCUT2D eigenvalue weighted by molar-refractivity contribution is 5.74. The number of amides is 2. The zero-order chi connectivity index (χ0) is 39.4. The monoisotopic (exact) mass is 769 g/mol. The molecule has 0 fully saturated rings. The second-order valence-electron chi connectivity index (χ2n) is 15.2. The van der Waals surface area contributed by atoms with Crippen molar-refractivity contribution in [3.63, 3.8) is 0 Å². The summed E-state index contributed by atoms with van der Waals surface area (Å²) in [5.41, 5.74) is 4.01. The molecule has 0 saturated heterocycles. The Kier molecular flexibility index (Phi) is 41.2. The van der Waals surface area contributed by atoms with E-state index in [1.165, 1.54) is 167 Å². The molecule has 2 amide bonds. The fraction of sp³-hybridized carbons (Fsp3) is 0.909. The molecule has 0 aliphatic carbocycles. The van der Waals surface area contributed by atoms with Gasteiger partial charge in [-0.05, 0) is 25.7 Å². The summed E-state index contributed by atoms with van der Waals surface area (Å²) in [6.45, 7) is 5.09. The van der Waals surface area contributed by atoms with Crippen LogP contribution in [-0.4, -0.2) is 37.3 Å². The summed E-state index contributed by atoms with van der Waals surface area (Å²) in [7, 11) is 0. The average Bonchev–Trinajstić information content (AvgIpc) is 3.17. The van der Waals surface area contributed by atoms with Gasteiger partial charge in [0.2, 0.25) is 0 Å². The predicted molar refractivity (Wildman–Crippen MR) is 219 cm³/mol. The normalized spacial score (nSPS) is 10.9. The lowest BCUT2D eigenvalue weighted by atomic mass is 10.0. The van der Waals surface area contributed by atoms with Gasteiger partial charge in [0.25, 0.3) is 0 Å². The van der Waals surface area contributed by atoms with Crippen LogP contribution in [0, 0.1) is 0 Å². The first-order chi connectivity index (χ1) is 26.5. The molecule has 0 atom stereocenters. The lowest BCUT2D eigenvalue weighted by molar-refractivity contribution is -0.151. The summed E-state index contributed by atoms with van der Waals surface area (Å²) >= 11 is 0. The van der Waals surface area contributed by atoms with E-state index >= 15 is 0 Å². The van der Waals surface area contributed by atoms with Crippen molar-refractivity contribution >= 4 is 24.1 Å². The molecule has 0 aromatic rings. The second-order valence-corrected chi connectivity index (χ2v) is 15.2. The molecular formula is C44H84N2O8. The van der Waals surface area contributed by atoms with Gasteiger partial charge < -0.3 is 19.1 Å². The Balaban J connectivity index is 3.43. The summed E-state index contributed by atoms with van der Waals surface area (Å²) in [6.07, 6.45) is 40.0. The van der Waals surface area contributed by atoms with Crippen molar-refractivity contribution in [2.75, 3.05) is 13.2 Å². The van der Waals surface area contributed by atoms with E-state index in [9.17, 15) is 19.2 Å². The van der Waals surface area contributed by atoms with Gasteiger partial charge in [0, 0.05) is 12.8 Å². The van der Waals surface area contributed by atoms with E-state index in [0.717, 1.165) is 38.5 Å². The van der Waals surface area contributed by atoms with E-state index in [2.05, 4.69) is 13.8 Å². The molecule has 0 bridgehead atoms. The highest BCUT2D eigenvalue weighted by atomic mass is 16.7. The molecule has 0 rings (SSSR count). The van der Waals surface area contributed by atoms with Crippen LogP contribution in [0.25, 0.3) is 0 Å². The first kappa shape index (κ1) is 51.5. The van der Waals surface area contributed by atoms with Gasteiger partial charge in [-0.15, -0.1) is 11.0 Å². The smallest absolute Gasteiger partial charge is 0.440 e. The molecule has 10 nitrogen and oxygen atoms in total. The van der Waals surface area contributed by atoms with Gasteiger partial charge in [0.1, 0.15) is 0 Å². The van der Waals surface area contributed by atoms with Crippen LogP contribution in [0.4, 0.5) is 9.59 Å². The number of carbonyl (C=O) groups is 4. The first-order valence-corrected chi connectivity index (χ1v) is 22.7. The molecule has 0 aliphatic rings. The number of unbranched alkanes of at least 4 members (excludes halogenated alkanes) is 31. The zero-order valence-electron chi connectivity index (χ0n) is 35.1. The van der Waals surface area contributed by atoms with Crippen LogP contribution in [-0.2, 0) is 28.7 Å². The number of hydroxylamine groups is 2. The topological polar surface area (TPSA) is 129 Å². The fourth-order valence-corrected chi connectivity index (χ4v) is 6.53. The Morgan fingerprint density at radius 3 is 0.778 bits per heavy atom. The van der Waals surface area contributed by atoms with E-state index in [1.54, 1.807) is 0 Å². The number of rotatable bonds is 39. The van der Waals surface area contributed by atoms with Crippen LogP contribution in [0.3, 0.4) is 0 Å². The molecule has 0 unspecified atom stereocenters. The van der Waals surface area contributed by atoms with Crippen molar-refractivity contribution in [3.8, 4) is 0 Å². The average molecular weight is 769 g/mol. The third-order valence-electron chi connectivity index (χ3n) is 9.97. The molecule has 0 saturated carbocycles. The Morgan fingerprint density at radius 2 is 0.537 bits per heavy atom. The lowest BCUT2D eigenvalue weighted by Crippen LogP contribution is -2.28. The maximum Gasteiger partial charge on any atom is 0.440 e. The van der Waals surface area contributed by atoms with E-state index in [0.29, 0.717) is 12.8 Å². The fourth-order valence-electron chi connectivity index (χ4n) is 6.53. The maximum absolute atomic E-state index is 11.9. The second kappa shape index (κ2) is 43.2. The molecule has 0 aromatic carbocycles. The molecule has 318 valence electrons. The zero-order valence-corrected chi connectivity index (χ0v) is 35.1. The molecule has 2 N–H and O–H groups in total. The molecule has 0 aliphatic heterocycles. The number of hydrogen-bond acceptors (Lipinski definition) is 8. The van der Waals surface area contributed by atoms with Crippen LogP contribution in [0.15, 0.2) is 0 Å². The minimum absolute atomic E-state index is 0.0153. The van der Waals surface area contributed by atoms with Gasteiger partial charge in [0.15, 0.2) is 0 Å². The Hall–Kier alpha value is -2.52. The highest BCUT2D eigenvalue weighted by Crippen LogP contribution is 2.15. The van der Waals surface area contributed by atoms with Crippen LogP contribution in [0.2, 0.25) is 0 Å². The molecule has 0 aromatic heterocycles. The van der Waals surface area contributed by atoms with Gasteiger partial charge in [-0.3, -0.25) is 0 Å². The lowest BCUT2D eigenvalue weighted by Gasteiger charge is -2.08. The third-order valence-corrected chi connectivity index (χ3v) is 9.97. The molecule has 0 spiro atoms. The van der Waals surface area contributed by atoms with Crippen molar-refractivity contribution in [2.24, 2.45) is 0 Å². The van der Waals surface area contributed by atoms with Crippen molar-refractivity contribution < 1.29 is 38.3 Å². The predicted octanol–water partition coefficient (Wildman–Crippen LogP) is 13.4. The quantitative estimate of drug-likeness (QED) is 0.0359. The summed E-state index contributed by atoms with van der Waals surface area (Å²) in [5, 5.41) is 0. The number of carbonyl (C=O) groups excluding carboxylic acids is 4. The molecular weight excluding hydrogens is 684 g/mol. The third kappa shape index (κ3) is 42.2. The minimum Gasteiger partial charge on any atom is -0.447 e.